The highest BCUT2D eigenvalue weighted by Gasteiger charge is 2.19. The Morgan fingerprint density at radius 1 is 1.10 bits per heavy atom. The molecule has 0 bridgehead atoms. The fourth-order valence-corrected chi connectivity index (χ4v) is 3.62. The van der Waals surface area contributed by atoms with Crippen LogP contribution in [0.2, 0.25) is 0 Å². The summed E-state index contributed by atoms with van der Waals surface area (Å²) in [5.41, 5.74) is 1.23. The van der Waals surface area contributed by atoms with Gasteiger partial charge in [0, 0.05) is 9.75 Å². The summed E-state index contributed by atoms with van der Waals surface area (Å²) in [6.45, 7) is 6.52. The molecular formula is C17H21NO2S. The molecule has 0 fully saturated rings. The quantitative estimate of drug-likeness (QED) is 0.912. The third kappa shape index (κ3) is 3.06. The molecule has 4 heteroatoms. The fourth-order valence-electron chi connectivity index (χ4n) is 2.57. The van der Waals surface area contributed by atoms with Crippen LogP contribution in [0.15, 0.2) is 30.3 Å². The molecule has 0 radical (unpaired) electrons. The molecule has 1 unspecified atom stereocenters. The van der Waals surface area contributed by atoms with E-state index in [2.05, 4.69) is 43.4 Å². The molecule has 21 heavy (non-hydrogen) atoms. The number of aryl methyl sites for hydroxylation is 1. The molecular weight excluding hydrogens is 282 g/mol. The van der Waals surface area contributed by atoms with Gasteiger partial charge in [0.15, 0.2) is 11.5 Å². The van der Waals surface area contributed by atoms with Crippen molar-refractivity contribution < 1.29 is 9.47 Å². The maximum atomic E-state index is 5.71. The Balaban J connectivity index is 1.93. The summed E-state index contributed by atoms with van der Waals surface area (Å²) in [6.07, 6.45) is 1.09. The Bertz CT molecular complexity index is 609. The van der Waals surface area contributed by atoms with Crippen molar-refractivity contribution in [1.29, 1.82) is 0 Å². The molecule has 1 N–H and O–H groups in total. The van der Waals surface area contributed by atoms with Crippen molar-refractivity contribution in [2.75, 3.05) is 19.8 Å². The van der Waals surface area contributed by atoms with E-state index in [0.717, 1.165) is 24.5 Å². The highest BCUT2D eigenvalue weighted by atomic mass is 32.1. The summed E-state index contributed by atoms with van der Waals surface area (Å²) < 4.78 is 11.3. The number of nitrogens with one attached hydrogen (secondary N) is 1. The van der Waals surface area contributed by atoms with Crippen LogP contribution in [0, 0.1) is 0 Å². The second-order valence-corrected chi connectivity index (χ2v) is 6.25. The summed E-state index contributed by atoms with van der Waals surface area (Å²) in [7, 11) is 0. The first-order valence-electron chi connectivity index (χ1n) is 7.53. The molecule has 0 saturated heterocycles. The van der Waals surface area contributed by atoms with Gasteiger partial charge in [0.25, 0.3) is 0 Å². The van der Waals surface area contributed by atoms with Crippen LogP contribution in [0.5, 0.6) is 11.5 Å². The van der Waals surface area contributed by atoms with Gasteiger partial charge in [-0.15, -0.1) is 11.3 Å². The third-order valence-corrected chi connectivity index (χ3v) is 4.92. The maximum absolute atomic E-state index is 5.71. The normalized spacial score (nSPS) is 15.0. The van der Waals surface area contributed by atoms with Crippen LogP contribution in [-0.2, 0) is 6.42 Å². The van der Waals surface area contributed by atoms with Crippen LogP contribution >= 0.6 is 11.3 Å². The van der Waals surface area contributed by atoms with Crippen molar-refractivity contribution >= 4 is 11.3 Å². The second-order valence-electron chi connectivity index (χ2n) is 5.05. The first kappa shape index (κ1) is 14.4. The van der Waals surface area contributed by atoms with Crippen LogP contribution in [-0.4, -0.2) is 19.8 Å². The van der Waals surface area contributed by atoms with Crippen LogP contribution < -0.4 is 14.8 Å². The zero-order chi connectivity index (χ0) is 14.7. The SMILES string of the molecule is CCNC(c1ccc2c(c1)OCCO2)c1ccc(CC)s1. The molecule has 1 aliphatic heterocycles. The van der Waals surface area contributed by atoms with E-state index in [1.54, 1.807) is 0 Å². The van der Waals surface area contributed by atoms with Gasteiger partial charge < -0.3 is 14.8 Å². The number of fused-ring (bicyclic) bond motifs is 1. The topological polar surface area (TPSA) is 30.5 Å². The maximum Gasteiger partial charge on any atom is 0.161 e. The summed E-state index contributed by atoms with van der Waals surface area (Å²) in [5, 5.41) is 3.57. The molecule has 2 heterocycles. The Labute approximate surface area is 129 Å². The van der Waals surface area contributed by atoms with Crippen molar-refractivity contribution in [2.45, 2.75) is 26.3 Å². The number of ether oxygens (including phenoxy) is 2. The van der Waals surface area contributed by atoms with Gasteiger partial charge in [-0.1, -0.05) is 19.9 Å². The van der Waals surface area contributed by atoms with E-state index in [-0.39, 0.29) is 6.04 Å². The van der Waals surface area contributed by atoms with Gasteiger partial charge >= 0.3 is 0 Å². The highest BCUT2D eigenvalue weighted by Crippen LogP contribution is 2.36. The minimum absolute atomic E-state index is 0.219. The fraction of sp³-hybridized carbons (Fsp3) is 0.412. The summed E-state index contributed by atoms with van der Waals surface area (Å²) in [4.78, 5) is 2.77. The third-order valence-electron chi connectivity index (χ3n) is 3.62. The molecule has 2 aromatic rings. The zero-order valence-electron chi connectivity index (χ0n) is 12.5. The van der Waals surface area contributed by atoms with Crippen molar-refractivity contribution in [2.24, 2.45) is 0 Å². The minimum atomic E-state index is 0.219. The van der Waals surface area contributed by atoms with E-state index in [0.29, 0.717) is 13.2 Å². The van der Waals surface area contributed by atoms with Gasteiger partial charge in [-0.2, -0.15) is 0 Å². The van der Waals surface area contributed by atoms with Gasteiger partial charge in [-0.3, -0.25) is 0 Å². The molecule has 0 saturated carbocycles. The first-order valence-corrected chi connectivity index (χ1v) is 8.35. The summed E-state index contributed by atoms with van der Waals surface area (Å²) in [5.74, 6) is 1.70. The number of hydrogen-bond acceptors (Lipinski definition) is 4. The van der Waals surface area contributed by atoms with Crippen molar-refractivity contribution in [1.82, 2.24) is 5.32 Å². The van der Waals surface area contributed by atoms with Crippen molar-refractivity contribution in [3.8, 4) is 11.5 Å². The Hall–Kier alpha value is -1.52. The highest BCUT2D eigenvalue weighted by molar-refractivity contribution is 7.12. The van der Waals surface area contributed by atoms with Crippen LogP contribution in [0.4, 0.5) is 0 Å². The predicted molar refractivity (Wildman–Crippen MR) is 86.6 cm³/mol. The van der Waals surface area contributed by atoms with Crippen molar-refractivity contribution in [3.63, 3.8) is 0 Å². The largest absolute Gasteiger partial charge is 0.486 e. The molecule has 3 rings (SSSR count). The molecule has 0 aliphatic carbocycles. The summed E-state index contributed by atoms with van der Waals surface area (Å²) >= 11 is 1.88. The van der Waals surface area contributed by atoms with E-state index in [1.807, 2.05) is 17.4 Å². The Kier molecular flexibility index (Phi) is 4.46. The molecule has 3 nitrogen and oxygen atoms in total. The average Bonchev–Trinajstić information content (AvgIpc) is 3.01. The lowest BCUT2D eigenvalue weighted by Crippen LogP contribution is -2.22. The lowest BCUT2D eigenvalue weighted by molar-refractivity contribution is 0.171. The second kappa shape index (κ2) is 6.50. The molecule has 0 amide bonds. The van der Waals surface area contributed by atoms with Gasteiger partial charge in [0.2, 0.25) is 0 Å². The van der Waals surface area contributed by atoms with E-state index in [4.69, 9.17) is 9.47 Å². The number of rotatable bonds is 5. The molecule has 1 aromatic carbocycles. The standard InChI is InChI=1S/C17H21NO2S/c1-3-13-6-8-16(21-13)17(18-4-2)12-5-7-14-15(11-12)20-10-9-19-14/h5-8,11,17-18H,3-4,9-10H2,1-2H3. The van der Waals surface area contributed by atoms with Crippen LogP contribution in [0.3, 0.4) is 0 Å². The average molecular weight is 303 g/mol. The smallest absolute Gasteiger partial charge is 0.161 e. The van der Waals surface area contributed by atoms with Gasteiger partial charge in [-0.05, 0) is 42.8 Å². The number of hydrogen-bond donors (Lipinski definition) is 1. The molecule has 1 aliphatic rings. The molecule has 0 spiro atoms. The molecule has 112 valence electrons. The van der Waals surface area contributed by atoms with Crippen LogP contribution in [0.25, 0.3) is 0 Å². The first-order chi connectivity index (χ1) is 10.3. The Morgan fingerprint density at radius 3 is 2.62 bits per heavy atom. The Morgan fingerprint density at radius 2 is 1.90 bits per heavy atom. The predicted octanol–water partition coefficient (Wildman–Crippen LogP) is 3.78. The van der Waals surface area contributed by atoms with Gasteiger partial charge in [0.1, 0.15) is 13.2 Å². The lowest BCUT2D eigenvalue weighted by atomic mass is 10.0. The molecule has 1 atom stereocenters. The monoisotopic (exact) mass is 303 g/mol. The molecule has 1 aromatic heterocycles. The van der Waals surface area contributed by atoms with Crippen LogP contribution in [0.1, 0.15) is 35.2 Å². The van der Waals surface area contributed by atoms with Gasteiger partial charge in [0.05, 0.1) is 6.04 Å². The van der Waals surface area contributed by atoms with E-state index in [9.17, 15) is 0 Å². The number of benzene rings is 1. The minimum Gasteiger partial charge on any atom is -0.486 e. The van der Waals surface area contributed by atoms with E-state index < -0.39 is 0 Å². The van der Waals surface area contributed by atoms with Crippen molar-refractivity contribution in [3.05, 3.63) is 45.6 Å². The summed E-state index contributed by atoms with van der Waals surface area (Å²) in [6, 6.07) is 10.9. The van der Waals surface area contributed by atoms with E-state index in [1.165, 1.54) is 15.3 Å². The van der Waals surface area contributed by atoms with Gasteiger partial charge in [-0.25, -0.2) is 0 Å². The lowest BCUT2D eigenvalue weighted by Gasteiger charge is -2.22. The number of thiophene rings is 1. The van der Waals surface area contributed by atoms with E-state index >= 15 is 0 Å². The zero-order valence-corrected chi connectivity index (χ0v) is 13.3.